The molecule has 150 valence electrons. The maximum Gasteiger partial charge on any atom is 0.251 e. The van der Waals surface area contributed by atoms with E-state index >= 15 is 0 Å². The van der Waals surface area contributed by atoms with E-state index in [9.17, 15) is 13.2 Å². The fourth-order valence-electron chi connectivity index (χ4n) is 3.27. The van der Waals surface area contributed by atoms with E-state index in [1.807, 2.05) is 32.0 Å². The zero-order valence-corrected chi connectivity index (χ0v) is 17.1. The van der Waals surface area contributed by atoms with Gasteiger partial charge < -0.3 is 14.8 Å². The summed E-state index contributed by atoms with van der Waals surface area (Å²) in [6, 6.07) is 11.6. The molecule has 0 fully saturated rings. The fraction of sp³-hybridized carbons (Fsp3) is 0.350. The van der Waals surface area contributed by atoms with Gasteiger partial charge in [-0.3, -0.25) is 9.52 Å². The Labute approximate surface area is 165 Å². The van der Waals surface area contributed by atoms with Crippen molar-refractivity contribution in [3.05, 3.63) is 53.6 Å². The van der Waals surface area contributed by atoms with Crippen LogP contribution in [0.2, 0.25) is 0 Å². The van der Waals surface area contributed by atoms with E-state index in [4.69, 9.17) is 9.47 Å². The number of ether oxygens (including phenoxy) is 2. The first-order valence-corrected chi connectivity index (χ1v) is 10.7. The summed E-state index contributed by atoms with van der Waals surface area (Å²) >= 11 is 0. The third kappa shape index (κ3) is 4.75. The molecule has 0 radical (unpaired) electrons. The van der Waals surface area contributed by atoms with E-state index in [2.05, 4.69) is 10.0 Å². The van der Waals surface area contributed by atoms with Crippen molar-refractivity contribution < 1.29 is 22.7 Å². The molecule has 1 aliphatic rings. The Hall–Kier alpha value is -2.74. The molecule has 8 heteroatoms. The van der Waals surface area contributed by atoms with Crippen LogP contribution < -0.4 is 19.5 Å². The number of methoxy groups -OCH3 is 1. The molecule has 0 aromatic heterocycles. The lowest BCUT2D eigenvalue weighted by Gasteiger charge is -2.38. The largest absolute Gasteiger partial charge is 0.497 e. The summed E-state index contributed by atoms with van der Waals surface area (Å²) in [6.07, 6.45) is 1.65. The van der Waals surface area contributed by atoms with Crippen LogP contribution in [0.3, 0.4) is 0 Å². The molecule has 2 aromatic rings. The summed E-state index contributed by atoms with van der Waals surface area (Å²) in [5.74, 6) is 1.09. The average Bonchev–Trinajstić information content (AvgIpc) is 2.59. The molecule has 3 rings (SSSR count). The number of hydrogen-bond acceptors (Lipinski definition) is 5. The highest BCUT2D eigenvalue weighted by Crippen LogP contribution is 2.41. The normalized spacial score (nSPS) is 17.8. The van der Waals surface area contributed by atoms with E-state index < -0.39 is 15.6 Å². The zero-order chi connectivity index (χ0) is 20.5. The molecular formula is C20H24N2O5S. The third-order valence-corrected chi connectivity index (χ3v) is 5.01. The number of sulfonamides is 1. The number of carbonyl (C=O) groups excluding carboxylic acids is 1. The molecule has 1 amide bonds. The van der Waals surface area contributed by atoms with Crippen LogP contribution in [0.15, 0.2) is 42.5 Å². The highest BCUT2D eigenvalue weighted by Gasteiger charge is 2.35. The number of fused-ring (bicyclic) bond motifs is 1. The third-order valence-electron chi connectivity index (χ3n) is 4.41. The lowest BCUT2D eigenvalue weighted by Crippen LogP contribution is -2.41. The van der Waals surface area contributed by atoms with Gasteiger partial charge in [-0.15, -0.1) is 0 Å². The summed E-state index contributed by atoms with van der Waals surface area (Å²) in [4.78, 5) is 12.8. The van der Waals surface area contributed by atoms with Crippen molar-refractivity contribution in [1.29, 1.82) is 0 Å². The Balaban J connectivity index is 1.87. The molecule has 0 unspecified atom stereocenters. The fourth-order valence-corrected chi connectivity index (χ4v) is 3.82. The van der Waals surface area contributed by atoms with Crippen LogP contribution in [0.1, 0.15) is 42.2 Å². The summed E-state index contributed by atoms with van der Waals surface area (Å²) in [6.45, 7) is 3.94. The average molecular weight is 404 g/mol. The Bertz CT molecular complexity index is 1000. The van der Waals surface area contributed by atoms with Gasteiger partial charge in [-0.2, -0.15) is 0 Å². The lowest BCUT2D eigenvalue weighted by molar-refractivity contribution is 0.0618. The van der Waals surface area contributed by atoms with Crippen LogP contribution in [0.25, 0.3) is 0 Å². The first kappa shape index (κ1) is 20.0. The SMILES string of the molecule is COc1ccc2c(c1)[C@@H](NC(=O)c1cccc(NS(C)(=O)=O)c1)CC(C)(C)O2. The van der Waals surface area contributed by atoms with Crippen molar-refractivity contribution in [3.8, 4) is 11.5 Å². The van der Waals surface area contributed by atoms with Gasteiger partial charge in [0.2, 0.25) is 10.0 Å². The maximum absolute atomic E-state index is 12.8. The minimum Gasteiger partial charge on any atom is -0.497 e. The quantitative estimate of drug-likeness (QED) is 0.799. The molecule has 2 aromatic carbocycles. The molecule has 28 heavy (non-hydrogen) atoms. The lowest BCUT2D eigenvalue weighted by atomic mass is 9.89. The van der Waals surface area contributed by atoms with Crippen LogP contribution in [-0.2, 0) is 10.0 Å². The zero-order valence-electron chi connectivity index (χ0n) is 16.3. The molecule has 2 N–H and O–H groups in total. The Morgan fingerprint density at radius 1 is 1.21 bits per heavy atom. The monoisotopic (exact) mass is 404 g/mol. The summed E-state index contributed by atoms with van der Waals surface area (Å²) in [5, 5.41) is 3.04. The van der Waals surface area contributed by atoms with Crippen LogP contribution in [0, 0.1) is 0 Å². The topological polar surface area (TPSA) is 93.7 Å². The van der Waals surface area contributed by atoms with Crippen molar-refractivity contribution >= 4 is 21.6 Å². The Morgan fingerprint density at radius 3 is 2.64 bits per heavy atom. The van der Waals surface area contributed by atoms with Crippen molar-refractivity contribution in [2.45, 2.75) is 31.9 Å². The molecule has 1 atom stereocenters. The molecule has 1 aliphatic heterocycles. The van der Waals surface area contributed by atoms with Crippen molar-refractivity contribution in [2.75, 3.05) is 18.1 Å². The Morgan fingerprint density at radius 2 is 1.96 bits per heavy atom. The first-order valence-electron chi connectivity index (χ1n) is 8.82. The predicted octanol–water partition coefficient (Wildman–Crippen LogP) is 3.10. The number of anilines is 1. The van der Waals surface area contributed by atoms with Crippen molar-refractivity contribution in [1.82, 2.24) is 5.32 Å². The van der Waals surface area contributed by atoms with Gasteiger partial charge in [0.25, 0.3) is 5.91 Å². The van der Waals surface area contributed by atoms with Crippen molar-refractivity contribution in [2.24, 2.45) is 0 Å². The van der Waals surface area contributed by atoms with Gasteiger partial charge in [0, 0.05) is 23.2 Å². The smallest absolute Gasteiger partial charge is 0.251 e. The molecule has 0 aliphatic carbocycles. The van der Waals surface area contributed by atoms with Gasteiger partial charge in [0.15, 0.2) is 0 Å². The van der Waals surface area contributed by atoms with E-state index in [1.165, 1.54) is 6.07 Å². The van der Waals surface area contributed by atoms with E-state index in [-0.39, 0.29) is 11.9 Å². The van der Waals surface area contributed by atoms with Crippen LogP contribution >= 0.6 is 0 Å². The minimum atomic E-state index is -3.42. The standard InChI is InChI=1S/C20H24N2O5S/c1-20(2)12-17(16-11-15(26-3)8-9-18(16)27-20)21-19(23)13-6-5-7-14(10-13)22-28(4,24)25/h5-11,17,22H,12H2,1-4H3,(H,21,23)/t17-/m0/s1. The van der Waals surface area contributed by atoms with E-state index in [0.29, 0.717) is 29.2 Å². The minimum absolute atomic E-state index is 0.270. The highest BCUT2D eigenvalue weighted by molar-refractivity contribution is 7.92. The van der Waals surface area contributed by atoms with Gasteiger partial charge in [-0.1, -0.05) is 6.07 Å². The predicted molar refractivity (Wildman–Crippen MR) is 107 cm³/mol. The molecule has 0 spiro atoms. The summed E-state index contributed by atoms with van der Waals surface area (Å²) in [7, 11) is -1.84. The molecule has 0 saturated carbocycles. The second-order valence-corrected chi connectivity index (χ2v) is 9.20. The number of carbonyl (C=O) groups is 1. The number of benzene rings is 2. The second kappa shape index (κ2) is 7.35. The van der Waals surface area contributed by atoms with Gasteiger partial charge in [0.05, 0.1) is 19.4 Å². The van der Waals surface area contributed by atoms with Gasteiger partial charge >= 0.3 is 0 Å². The first-order chi connectivity index (χ1) is 13.1. The van der Waals surface area contributed by atoms with Crippen LogP contribution in [0.4, 0.5) is 5.69 Å². The number of nitrogens with one attached hydrogen (secondary N) is 2. The number of rotatable bonds is 5. The summed E-state index contributed by atoms with van der Waals surface area (Å²) in [5.41, 5.74) is 1.10. The van der Waals surface area contributed by atoms with Gasteiger partial charge in [-0.25, -0.2) is 8.42 Å². The van der Waals surface area contributed by atoms with Crippen molar-refractivity contribution in [3.63, 3.8) is 0 Å². The summed E-state index contributed by atoms with van der Waals surface area (Å²) < 4.78 is 36.6. The van der Waals surface area contributed by atoms with E-state index in [1.54, 1.807) is 25.3 Å². The van der Waals surface area contributed by atoms with Crippen LogP contribution in [0.5, 0.6) is 11.5 Å². The molecule has 1 heterocycles. The highest BCUT2D eigenvalue weighted by atomic mass is 32.2. The Kier molecular flexibility index (Phi) is 5.25. The molecule has 0 saturated heterocycles. The van der Waals surface area contributed by atoms with Gasteiger partial charge in [0.1, 0.15) is 17.1 Å². The van der Waals surface area contributed by atoms with E-state index in [0.717, 1.165) is 11.8 Å². The second-order valence-electron chi connectivity index (χ2n) is 7.45. The maximum atomic E-state index is 12.8. The molecule has 7 nitrogen and oxygen atoms in total. The van der Waals surface area contributed by atoms with Gasteiger partial charge in [-0.05, 0) is 50.2 Å². The van der Waals surface area contributed by atoms with Crippen LogP contribution in [-0.4, -0.2) is 33.3 Å². The molecule has 0 bridgehead atoms. The molecular weight excluding hydrogens is 380 g/mol. The number of hydrogen-bond donors (Lipinski definition) is 2. The number of amides is 1.